The monoisotopic (exact) mass is 158 g/mol. The first-order chi connectivity index (χ1) is 5.10. The lowest BCUT2D eigenvalue weighted by molar-refractivity contribution is -0.140. The second-order valence-electron chi connectivity index (χ2n) is 3.33. The Morgan fingerprint density at radius 1 is 1.64 bits per heavy atom. The van der Waals surface area contributed by atoms with Crippen molar-refractivity contribution in [1.82, 2.24) is 0 Å². The van der Waals surface area contributed by atoms with Gasteiger partial charge in [0.25, 0.3) is 0 Å². The second-order valence-corrected chi connectivity index (χ2v) is 3.33. The second kappa shape index (κ2) is 2.81. The molecule has 3 heteroatoms. The molecule has 0 aromatic carbocycles. The Labute approximate surface area is 66.0 Å². The summed E-state index contributed by atoms with van der Waals surface area (Å²) in [6.45, 7) is 2.00. The van der Waals surface area contributed by atoms with E-state index < -0.39 is 12.1 Å². The Morgan fingerprint density at radius 3 is 2.45 bits per heavy atom. The van der Waals surface area contributed by atoms with Gasteiger partial charge in [-0.1, -0.05) is 6.92 Å². The molecule has 1 atom stereocenters. The molecule has 0 radical (unpaired) electrons. The molecule has 0 aliphatic heterocycles. The highest BCUT2D eigenvalue weighted by molar-refractivity contribution is 5.67. The molecule has 1 rings (SSSR count). The molecule has 1 fully saturated rings. The summed E-state index contributed by atoms with van der Waals surface area (Å²) in [6.07, 6.45) is 2.12. The molecule has 2 N–H and O–H groups in total. The van der Waals surface area contributed by atoms with Gasteiger partial charge in [-0.2, -0.15) is 0 Å². The van der Waals surface area contributed by atoms with E-state index in [0.29, 0.717) is 0 Å². The third-order valence-corrected chi connectivity index (χ3v) is 2.67. The Hall–Kier alpha value is -0.570. The first-order valence-electron chi connectivity index (χ1n) is 4.00. The van der Waals surface area contributed by atoms with E-state index in [1.807, 2.05) is 6.92 Å². The number of carbonyl (C=O) groups is 1. The normalized spacial score (nSPS) is 22.7. The van der Waals surface area contributed by atoms with Gasteiger partial charge < -0.3 is 10.2 Å². The minimum absolute atomic E-state index is 0.0433. The van der Waals surface area contributed by atoms with Crippen molar-refractivity contribution in [1.29, 1.82) is 0 Å². The first kappa shape index (κ1) is 8.53. The third kappa shape index (κ3) is 1.71. The van der Waals surface area contributed by atoms with Crippen LogP contribution in [0.15, 0.2) is 0 Å². The van der Waals surface area contributed by atoms with Crippen LogP contribution in [0.5, 0.6) is 0 Å². The molecule has 0 aromatic rings. The van der Waals surface area contributed by atoms with E-state index in [1.54, 1.807) is 0 Å². The maximum atomic E-state index is 10.2. The molecule has 0 heterocycles. The summed E-state index contributed by atoms with van der Waals surface area (Å²) in [4.78, 5) is 10.2. The summed E-state index contributed by atoms with van der Waals surface area (Å²) < 4.78 is 0. The fourth-order valence-corrected chi connectivity index (χ4v) is 1.46. The first-order valence-corrected chi connectivity index (χ1v) is 4.00. The zero-order valence-electron chi connectivity index (χ0n) is 6.71. The molecule has 0 spiro atoms. The lowest BCUT2D eigenvalue weighted by Crippen LogP contribution is -2.24. The van der Waals surface area contributed by atoms with E-state index in [1.165, 1.54) is 0 Å². The molecule has 3 nitrogen and oxygen atoms in total. The van der Waals surface area contributed by atoms with Gasteiger partial charge in [-0.15, -0.1) is 0 Å². The molecule has 0 bridgehead atoms. The van der Waals surface area contributed by atoms with Crippen molar-refractivity contribution >= 4 is 5.97 Å². The molecule has 1 aliphatic rings. The minimum Gasteiger partial charge on any atom is -0.481 e. The fraction of sp³-hybridized carbons (Fsp3) is 0.875. The van der Waals surface area contributed by atoms with Crippen molar-refractivity contribution in [3.05, 3.63) is 0 Å². The fourth-order valence-electron chi connectivity index (χ4n) is 1.46. The van der Waals surface area contributed by atoms with Crippen molar-refractivity contribution < 1.29 is 15.0 Å². The van der Waals surface area contributed by atoms with Crippen molar-refractivity contribution in [3.63, 3.8) is 0 Å². The highest BCUT2D eigenvalue weighted by Crippen LogP contribution is 2.52. The van der Waals surface area contributed by atoms with E-state index in [4.69, 9.17) is 5.11 Å². The van der Waals surface area contributed by atoms with E-state index in [-0.39, 0.29) is 11.8 Å². The predicted octanol–water partition coefficient (Wildman–Crippen LogP) is 1.01. The van der Waals surface area contributed by atoms with Crippen LogP contribution >= 0.6 is 0 Å². The number of rotatable bonds is 4. The topological polar surface area (TPSA) is 57.5 Å². The third-order valence-electron chi connectivity index (χ3n) is 2.67. The quantitative estimate of drug-likeness (QED) is 0.642. The Kier molecular flexibility index (Phi) is 2.18. The van der Waals surface area contributed by atoms with Gasteiger partial charge in [-0.25, -0.2) is 0 Å². The maximum Gasteiger partial charge on any atom is 0.305 e. The van der Waals surface area contributed by atoms with Crippen LogP contribution in [0.2, 0.25) is 0 Å². The zero-order chi connectivity index (χ0) is 8.48. The lowest BCUT2D eigenvalue weighted by Gasteiger charge is -2.18. The van der Waals surface area contributed by atoms with E-state index in [2.05, 4.69) is 0 Å². The number of aliphatic hydroxyl groups excluding tert-OH is 1. The van der Waals surface area contributed by atoms with E-state index in [9.17, 15) is 9.90 Å². The van der Waals surface area contributed by atoms with Gasteiger partial charge in [0.15, 0.2) is 0 Å². The number of aliphatic hydroxyl groups is 1. The van der Waals surface area contributed by atoms with Gasteiger partial charge in [0.05, 0.1) is 12.5 Å². The summed E-state index contributed by atoms with van der Waals surface area (Å²) in [7, 11) is 0. The predicted molar refractivity (Wildman–Crippen MR) is 40.2 cm³/mol. The molecule has 0 saturated heterocycles. The summed E-state index contributed by atoms with van der Waals surface area (Å²) in [5.41, 5.74) is -0.0433. The molecule has 11 heavy (non-hydrogen) atoms. The van der Waals surface area contributed by atoms with Crippen molar-refractivity contribution in [3.8, 4) is 0 Å². The number of carboxylic acid groups (broad SMARTS) is 1. The smallest absolute Gasteiger partial charge is 0.305 e. The summed E-state index contributed by atoms with van der Waals surface area (Å²) in [6, 6.07) is 0. The Bertz CT molecular complexity index is 161. The van der Waals surface area contributed by atoms with Crippen LogP contribution < -0.4 is 0 Å². The van der Waals surface area contributed by atoms with Crippen LogP contribution in [0.25, 0.3) is 0 Å². The van der Waals surface area contributed by atoms with Crippen LogP contribution in [0.4, 0.5) is 0 Å². The SMILES string of the molecule is CCC1(C(O)CC(=O)O)CC1. The van der Waals surface area contributed by atoms with E-state index >= 15 is 0 Å². The van der Waals surface area contributed by atoms with Gasteiger partial charge in [0.1, 0.15) is 0 Å². The highest BCUT2D eigenvalue weighted by atomic mass is 16.4. The summed E-state index contributed by atoms with van der Waals surface area (Å²) in [5.74, 6) is -0.905. The van der Waals surface area contributed by atoms with Gasteiger partial charge in [0.2, 0.25) is 0 Å². The molecular formula is C8H14O3. The van der Waals surface area contributed by atoms with Crippen LogP contribution in [-0.4, -0.2) is 22.3 Å². The standard InChI is InChI=1S/C8H14O3/c1-2-8(3-4-8)6(9)5-7(10)11/h6,9H,2-5H2,1H3,(H,10,11). The molecule has 0 aromatic heterocycles. The largest absolute Gasteiger partial charge is 0.481 e. The van der Waals surface area contributed by atoms with Gasteiger partial charge >= 0.3 is 5.97 Å². The number of hydrogen-bond donors (Lipinski definition) is 2. The summed E-state index contributed by atoms with van der Waals surface area (Å²) in [5, 5.41) is 17.8. The van der Waals surface area contributed by atoms with Gasteiger partial charge in [-0.05, 0) is 24.7 Å². The molecule has 1 saturated carbocycles. The maximum absolute atomic E-state index is 10.2. The minimum atomic E-state index is -0.905. The van der Waals surface area contributed by atoms with Crippen LogP contribution in [0.1, 0.15) is 32.6 Å². The van der Waals surface area contributed by atoms with Crippen molar-refractivity contribution in [2.45, 2.75) is 38.7 Å². The molecule has 1 unspecified atom stereocenters. The number of hydrogen-bond acceptors (Lipinski definition) is 2. The molecule has 64 valence electrons. The Morgan fingerprint density at radius 2 is 2.18 bits per heavy atom. The van der Waals surface area contributed by atoms with Crippen molar-refractivity contribution in [2.75, 3.05) is 0 Å². The lowest BCUT2D eigenvalue weighted by atomic mass is 9.94. The molecular weight excluding hydrogens is 144 g/mol. The highest BCUT2D eigenvalue weighted by Gasteiger charge is 2.47. The van der Waals surface area contributed by atoms with Crippen LogP contribution in [0.3, 0.4) is 0 Å². The average Bonchev–Trinajstić information content (AvgIpc) is 2.65. The van der Waals surface area contributed by atoms with Gasteiger partial charge in [0, 0.05) is 0 Å². The molecule has 1 aliphatic carbocycles. The average molecular weight is 158 g/mol. The van der Waals surface area contributed by atoms with Gasteiger partial charge in [-0.3, -0.25) is 4.79 Å². The van der Waals surface area contributed by atoms with Crippen LogP contribution in [0, 0.1) is 5.41 Å². The Balaban J connectivity index is 2.40. The number of carboxylic acids is 1. The van der Waals surface area contributed by atoms with E-state index in [0.717, 1.165) is 19.3 Å². The summed E-state index contributed by atoms with van der Waals surface area (Å²) >= 11 is 0. The molecule has 0 amide bonds. The van der Waals surface area contributed by atoms with Crippen LogP contribution in [-0.2, 0) is 4.79 Å². The van der Waals surface area contributed by atoms with Crippen molar-refractivity contribution in [2.24, 2.45) is 5.41 Å². The zero-order valence-corrected chi connectivity index (χ0v) is 6.71. The number of aliphatic carboxylic acids is 1.